The second kappa shape index (κ2) is 9.37. The zero-order valence-corrected chi connectivity index (χ0v) is 17.2. The molecule has 0 unspecified atom stereocenters. The quantitative estimate of drug-likeness (QED) is 0.557. The molecule has 0 aliphatic carbocycles. The number of carbonyl (C=O) groups excluding carboxylic acids is 2. The van der Waals surface area contributed by atoms with E-state index in [1.807, 2.05) is 13.8 Å². The number of nitrogens with one attached hydrogen (secondary N) is 1. The Balaban J connectivity index is 1.60. The third kappa shape index (κ3) is 5.44. The number of thiazole rings is 1. The third-order valence-electron chi connectivity index (χ3n) is 3.89. The van der Waals surface area contributed by atoms with Gasteiger partial charge in [0.2, 0.25) is 17.6 Å². The molecule has 0 fully saturated rings. The first-order valence-corrected chi connectivity index (χ1v) is 9.88. The SMILES string of the molecule is COC(=O)c1nc(NC(=O)CCc2nc(-c3ccncc3)no2)sc1CC(C)C. The summed E-state index contributed by atoms with van der Waals surface area (Å²) in [5, 5.41) is 7.01. The fraction of sp³-hybridized carbons (Fsp3) is 0.368. The van der Waals surface area contributed by atoms with Crippen LogP contribution in [0.4, 0.5) is 5.13 Å². The number of aryl methyl sites for hydroxylation is 1. The molecule has 3 heterocycles. The van der Waals surface area contributed by atoms with Crippen molar-refractivity contribution in [1.82, 2.24) is 20.1 Å². The zero-order valence-electron chi connectivity index (χ0n) is 16.3. The van der Waals surface area contributed by atoms with Crippen molar-refractivity contribution >= 4 is 28.3 Å². The number of nitrogens with zero attached hydrogens (tertiary/aromatic N) is 4. The summed E-state index contributed by atoms with van der Waals surface area (Å²) in [7, 11) is 1.31. The van der Waals surface area contributed by atoms with E-state index < -0.39 is 5.97 Å². The van der Waals surface area contributed by atoms with E-state index in [2.05, 4.69) is 25.4 Å². The minimum atomic E-state index is -0.507. The number of hydrogen-bond donors (Lipinski definition) is 1. The number of ether oxygens (including phenoxy) is 1. The van der Waals surface area contributed by atoms with Gasteiger partial charge in [-0.15, -0.1) is 11.3 Å². The number of methoxy groups -OCH3 is 1. The summed E-state index contributed by atoms with van der Waals surface area (Å²) in [6.45, 7) is 4.09. The summed E-state index contributed by atoms with van der Waals surface area (Å²) in [4.78, 5) is 37.5. The van der Waals surface area contributed by atoms with Crippen LogP contribution in [0.15, 0.2) is 29.0 Å². The number of aromatic nitrogens is 4. The highest BCUT2D eigenvalue weighted by Crippen LogP contribution is 2.26. The highest BCUT2D eigenvalue weighted by molar-refractivity contribution is 7.16. The van der Waals surface area contributed by atoms with Gasteiger partial charge < -0.3 is 14.6 Å². The van der Waals surface area contributed by atoms with Crippen LogP contribution in [0.3, 0.4) is 0 Å². The van der Waals surface area contributed by atoms with Crippen LogP contribution in [0.25, 0.3) is 11.4 Å². The zero-order chi connectivity index (χ0) is 20.8. The number of pyridine rings is 1. The van der Waals surface area contributed by atoms with Crippen LogP contribution in [-0.2, 0) is 22.4 Å². The van der Waals surface area contributed by atoms with Gasteiger partial charge in [-0.1, -0.05) is 19.0 Å². The first-order chi connectivity index (χ1) is 14.0. The number of amides is 1. The van der Waals surface area contributed by atoms with Gasteiger partial charge >= 0.3 is 5.97 Å². The van der Waals surface area contributed by atoms with Crippen LogP contribution in [-0.4, -0.2) is 39.1 Å². The predicted octanol–water partition coefficient (Wildman–Crippen LogP) is 3.14. The topological polar surface area (TPSA) is 120 Å². The maximum absolute atomic E-state index is 12.3. The Hall–Kier alpha value is -3.14. The standard InChI is InChI=1S/C19H21N5O4S/c1-11(2)10-13-16(18(26)27-3)23-19(29-13)21-14(25)4-5-15-22-17(24-28-15)12-6-8-20-9-7-12/h6-9,11H,4-5,10H2,1-3H3,(H,21,23,25). The van der Waals surface area contributed by atoms with E-state index >= 15 is 0 Å². The van der Waals surface area contributed by atoms with Gasteiger partial charge in [0.1, 0.15) is 0 Å². The van der Waals surface area contributed by atoms with Crippen molar-refractivity contribution in [3.8, 4) is 11.4 Å². The summed E-state index contributed by atoms with van der Waals surface area (Å²) in [5.74, 6) is 0.391. The molecule has 0 atom stereocenters. The predicted molar refractivity (Wildman–Crippen MR) is 106 cm³/mol. The van der Waals surface area contributed by atoms with Crippen molar-refractivity contribution in [3.63, 3.8) is 0 Å². The molecule has 0 aromatic carbocycles. The van der Waals surface area contributed by atoms with Crippen molar-refractivity contribution in [3.05, 3.63) is 41.0 Å². The number of rotatable bonds is 8. The maximum atomic E-state index is 12.3. The largest absolute Gasteiger partial charge is 0.464 e. The van der Waals surface area contributed by atoms with Crippen molar-refractivity contribution < 1.29 is 18.8 Å². The van der Waals surface area contributed by atoms with E-state index in [4.69, 9.17) is 9.26 Å². The van der Waals surface area contributed by atoms with Crippen LogP contribution < -0.4 is 5.32 Å². The molecule has 9 nitrogen and oxygen atoms in total. The minimum absolute atomic E-state index is 0.143. The van der Waals surface area contributed by atoms with E-state index in [1.54, 1.807) is 24.5 Å². The molecule has 0 radical (unpaired) electrons. The monoisotopic (exact) mass is 415 g/mol. The molecule has 10 heteroatoms. The van der Waals surface area contributed by atoms with E-state index in [9.17, 15) is 9.59 Å². The van der Waals surface area contributed by atoms with E-state index in [1.165, 1.54) is 18.4 Å². The minimum Gasteiger partial charge on any atom is -0.464 e. The fourth-order valence-corrected chi connectivity index (χ4v) is 3.72. The normalized spacial score (nSPS) is 10.9. The molecular formula is C19H21N5O4S. The number of esters is 1. The lowest BCUT2D eigenvalue weighted by Crippen LogP contribution is -2.12. The molecule has 0 bridgehead atoms. The van der Waals surface area contributed by atoms with Crippen LogP contribution in [0, 0.1) is 5.92 Å². The second-order valence-corrected chi connectivity index (χ2v) is 7.76. The summed E-state index contributed by atoms with van der Waals surface area (Å²) >= 11 is 1.28. The Morgan fingerprint density at radius 1 is 1.24 bits per heavy atom. The molecule has 0 aliphatic heterocycles. The summed E-state index contributed by atoms with van der Waals surface area (Å²) in [6.07, 6.45) is 4.40. The molecule has 0 saturated heterocycles. The lowest BCUT2D eigenvalue weighted by molar-refractivity contribution is -0.116. The molecule has 29 heavy (non-hydrogen) atoms. The van der Waals surface area contributed by atoms with Gasteiger partial charge in [-0.25, -0.2) is 9.78 Å². The smallest absolute Gasteiger partial charge is 0.357 e. The lowest BCUT2D eigenvalue weighted by Gasteiger charge is -2.02. The molecule has 3 rings (SSSR count). The Bertz CT molecular complexity index is 984. The molecule has 3 aromatic rings. The van der Waals surface area contributed by atoms with Crippen LogP contribution >= 0.6 is 11.3 Å². The number of hydrogen-bond acceptors (Lipinski definition) is 9. The Morgan fingerprint density at radius 3 is 2.69 bits per heavy atom. The molecule has 0 aliphatic rings. The second-order valence-electron chi connectivity index (χ2n) is 6.68. The first kappa shape index (κ1) is 20.6. The number of carbonyl (C=O) groups is 2. The highest BCUT2D eigenvalue weighted by Gasteiger charge is 2.20. The van der Waals surface area contributed by atoms with E-state index in [0.717, 1.165) is 10.4 Å². The van der Waals surface area contributed by atoms with Crippen molar-refractivity contribution in [2.75, 3.05) is 12.4 Å². The average Bonchev–Trinajstić information content (AvgIpc) is 3.33. The number of anilines is 1. The van der Waals surface area contributed by atoms with Gasteiger partial charge in [0.15, 0.2) is 10.8 Å². The third-order valence-corrected chi connectivity index (χ3v) is 4.88. The molecule has 152 valence electrons. The van der Waals surface area contributed by atoms with Gasteiger partial charge in [-0.2, -0.15) is 4.98 Å². The molecule has 1 N–H and O–H groups in total. The summed E-state index contributed by atoms with van der Waals surface area (Å²) in [5.41, 5.74) is 1.04. The van der Waals surface area contributed by atoms with Crippen LogP contribution in [0.5, 0.6) is 0 Å². The van der Waals surface area contributed by atoms with Crippen molar-refractivity contribution in [2.45, 2.75) is 33.1 Å². The van der Waals surface area contributed by atoms with Crippen molar-refractivity contribution in [2.24, 2.45) is 5.92 Å². The Morgan fingerprint density at radius 2 is 2.00 bits per heavy atom. The molecule has 1 amide bonds. The molecular weight excluding hydrogens is 394 g/mol. The molecule has 0 saturated carbocycles. The Labute approximate surface area is 171 Å². The first-order valence-electron chi connectivity index (χ1n) is 9.07. The maximum Gasteiger partial charge on any atom is 0.357 e. The molecule has 0 spiro atoms. The van der Waals surface area contributed by atoms with Gasteiger partial charge in [0, 0.05) is 35.7 Å². The lowest BCUT2D eigenvalue weighted by atomic mass is 10.1. The van der Waals surface area contributed by atoms with Gasteiger partial charge in [0.25, 0.3) is 0 Å². The fourth-order valence-electron chi connectivity index (χ4n) is 2.55. The van der Waals surface area contributed by atoms with Crippen molar-refractivity contribution in [1.29, 1.82) is 0 Å². The van der Waals surface area contributed by atoms with Gasteiger partial charge in [-0.3, -0.25) is 9.78 Å². The average molecular weight is 415 g/mol. The van der Waals surface area contributed by atoms with Crippen LogP contribution in [0.1, 0.15) is 41.5 Å². The molecule has 3 aromatic heterocycles. The van der Waals surface area contributed by atoms with Crippen LogP contribution in [0.2, 0.25) is 0 Å². The summed E-state index contributed by atoms with van der Waals surface area (Å²) < 4.78 is 9.98. The van der Waals surface area contributed by atoms with Gasteiger partial charge in [-0.05, 0) is 24.5 Å². The van der Waals surface area contributed by atoms with Gasteiger partial charge in [0.05, 0.1) is 7.11 Å². The Kier molecular flexibility index (Phi) is 6.65. The highest BCUT2D eigenvalue weighted by atomic mass is 32.1. The summed E-state index contributed by atoms with van der Waals surface area (Å²) in [6, 6.07) is 3.55. The van der Waals surface area contributed by atoms with E-state index in [0.29, 0.717) is 29.2 Å². The van der Waals surface area contributed by atoms with E-state index in [-0.39, 0.29) is 24.4 Å².